The predicted molar refractivity (Wildman–Crippen MR) is 132 cm³/mol. The van der Waals surface area contributed by atoms with Crippen molar-refractivity contribution in [3.05, 3.63) is 126 Å². The Kier molecular flexibility index (Phi) is 5.47. The molecule has 0 spiro atoms. The minimum atomic E-state index is -0.891. The molecule has 5 aromatic rings. The SMILES string of the molecule is CC(=O)Nc1cc2c(cn1)c(C=O)nn2C(c1ccccc1)(c1ccccc1)c1ccccc1. The van der Waals surface area contributed by atoms with Crippen LogP contribution in [0.4, 0.5) is 5.82 Å². The Balaban J connectivity index is 1.96. The molecule has 1 N–H and O–H groups in total. The van der Waals surface area contributed by atoms with Crippen molar-refractivity contribution in [2.45, 2.75) is 12.5 Å². The van der Waals surface area contributed by atoms with Gasteiger partial charge in [-0.1, -0.05) is 91.0 Å². The van der Waals surface area contributed by atoms with Crippen LogP contribution in [0.25, 0.3) is 10.9 Å². The molecule has 0 aliphatic heterocycles. The van der Waals surface area contributed by atoms with Crippen LogP contribution in [0.5, 0.6) is 0 Å². The summed E-state index contributed by atoms with van der Waals surface area (Å²) in [6.07, 6.45) is 2.32. The fraction of sp³-hybridized carbons (Fsp3) is 0.0714. The van der Waals surface area contributed by atoms with E-state index in [0.29, 0.717) is 16.7 Å². The van der Waals surface area contributed by atoms with Crippen molar-refractivity contribution in [3.8, 4) is 0 Å². The van der Waals surface area contributed by atoms with Crippen LogP contribution in [0.15, 0.2) is 103 Å². The van der Waals surface area contributed by atoms with Gasteiger partial charge in [0.25, 0.3) is 0 Å². The first-order valence-electron chi connectivity index (χ1n) is 10.9. The number of anilines is 1. The highest BCUT2D eigenvalue weighted by Gasteiger charge is 2.41. The molecule has 5 rings (SSSR count). The van der Waals surface area contributed by atoms with Crippen molar-refractivity contribution >= 4 is 28.9 Å². The lowest BCUT2D eigenvalue weighted by Crippen LogP contribution is -2.38. The average Bonchev–Trinajstić information content (AvgIpc) is 3.24. The fourth-order valence-corrected chi connectivity index (χ4v) is 4.53. The summed E-state index contributed by atoms with van der Waals surface area (Å²) >= 11 is 0. The molecule has 0 bridgehead atoms. The number of pyridine rings is 1. The third-order valence-electron chi connectivity index (χ3n) is 5.90. The van der Waals surface area contributed by atoms with E-state index in [-0.39, 0.29) is 11.6 Å². The number of fused-ring (bicyclic) bond motifs is 1. The van der Waals surface area contributed by atoms with E-state index in [0.717, 1.165) is 23.0 Å². The molecule has 2 aromatic heterocycles. The van der Waals surface area contributed by atoms with Gasteiger partial charge in [-0.15, -0.1) is 0 Å². The predicted octanol–water partition coefficient (Wildman–Crippen LogP) is 5.04. The van der Waals surface area contributed by atoms with Gasteiger partial charge in [0.1, 0.15) is 17.1 Å². The number of aromatic nitrogens is 3. The van der Waals surface area contributed by atoms with Crippen LogP contribution in [0, 0.1) is 0 Å². The molecule has 0 aliphatic carbocycles. The summed E-state index contributed by atoms with van der Waals surface area (Å²) in [6.45, 7) is 1.43. The zero-order chi connectivity index (χ0) is 23.5. The minimum absolute atomic E-state index is 0.228. The number of hydrogen-bond donors (Lipinski definition) is 1. The number of rotatable bonds is 6. The lowest BCUT2D eigenvalue weighted by atomic mass is 9.77. The van der Waals surface area contributed by atoms with E-state index in [2.05, 4.69) is 46.7 Å². The summed E-state index contributed by atoms with van der Waals surface area (Å²) in [7, 11) is 0. The molecule has 0 unspecified atom stereocenters. The molecule has 0 aliphatic rings. The second kappa shape index (κ2) is 8.75. The first kappa shape index (κ1) is 21.3. The van der Waals surface area contributed by atoms with E-state index in [1.807, 2.05) is 59.3 Å². The van der Waals surface area contributed by atoms with Crippen LogP contribution in [-0.4, -0.2) is 27.0 Å². The largest absolute Gasteiger partial charge is 0.311 e. The van der Waals surface area contributed by atoms with Crippen molar-refractivity contribution < 1.29 is 9.59 Å². The first-order chi connectivity index (χ1) is 16.6. The van der Waals surface area contributed by atoms with Crippen LogP contribution >= 0.6 is 0 Å². The minimum Gasteiger partial charge on any atom is -0.311 e. The van der Waals surface area contributed by atoms with Crippen LogP contribution < -0.4 is 5.32 Å². The summed E-state index contributed by atoms with van der Waals surface area (Å²) < 4.78 is 1.87. The second-order valence-electron chi connectivity index (χ2n) is 7.99. The third kappa shape index (κ3) is 3.46. The normalized spacial score (nSPS) is 11.3. The van der Waals surface area contributed by atoms with Crippen LogP contribution in [0.3, 0.4) is 0 Å². The van der Waals surface area contributed by atoms with Gasteiger partial charge < -0.3 is 5.32 Å². The Hall–Kier alpha value is -4.58. The van der Waals surface area contributed by atoms with Gasteiger partial charge in [0.05, 0.1) is 5.52 Å². The maximum atomic E-state index is 12.1. The summed E-state index contributed by atoms with van der Waals surface area (Å²) in [6, 6.07) is 32.0. The highest BCUT2D eigenvalue weighted by molar-refractivity contribution is 5.97. The highest BCUT2D eigenvalue weighted by atomic mass is 16.1. The lowest BCUT2D eigenvalue weighted by molar-refractivity contribution is -0.114. The van der Waals surface area contributed by atoms with E-state index in [9.17, 15) is 9.59 Å². The molecule has 0 saturated carbocycles. The molecule has 0 radical (unpaired) electrons. The smallest absolute Gasteiger partial charge is 0.222 e. The van der Waals surface area contributed by atoms with Crippen LogP contribution in [0.1, 0.15) is 34.1 Å². The number of amides is 1. The van der Waals surface area contributed by atoms with E-state index in [1.54, 1.807) is 12.3 Å². The van der Waals surface area contributed by atoms with Gasteiger partial charge in [0, 0.05) is 24.6 Å². The molecule has 1 amide bonds. The molecule has 166 valence electrons. The number of nitrogens with one attached hydrogen (secondary N) is 1. The van der Waals surface area contributed by atoms with Gasteiger partial charge in [-0.2, -0.15) is 5.10 Å². The Labute approximate surface area is 196 Å². The van der Waals surface area contributed by atoms with Crippen molar-refractivity contribution in [2.24, 2.45) is 0 Å². The van der Waals surface area contributed by atoms with Gasteiger partial charge in [-0.3, -0.25) is 9.59 Å². The Morgan fingerprint density at radius 1 is 0.853 bits per heavy atom. The van der Waals surface area contributed by atoms with Gasteiger partial charge in [-0.25, -0.2) is 9.67 Å². The number of carbonyl (C=O) groups is 2. The van der Waals surface area contributed by atoms with Crippen molar-refractivity contribution in [1.82, 2.24) is 14.8 Å². The van der Waals surface area contributed by atoms with Gasteiger partial charge >= 0.3 is 0 Å². The number of hydrogen-bond acceptors (Lipinski definition) is 4. The average molecular weight is 447 g/mol. The summed E-state index contributed by atoms with van der Waals surface area (Å²) in [5.74, 6) is 0.163. The van der Waals surface area contributed by atoms with Crippen LogP contribution in [0.2, 0.25) is 0 Å². The van der Waals surface area contributed by atoms with Crippen molar-refractivity contribution in [3.63, 3.8) is 0 Å². The molecule has 34 heavy (non-hydrogen) atoms. The summed E-state index contributed by atoms with van der Waals surface area (Å²) in [5, 5.41) is 8.18. The molecule has 0 atom stereocenters. The van der Waals surface area contributed by atoms with E-state index in [1.165, 1.54) is 6.92 Å². The van der Waals surface area contributed by atoms with Gasteiger partial charge in [-0.05, 0) is 16.7 Å². The molecule has 6 nitrogen and oxygen atoms in total. The van der Waals surface area contributed by atoms with Gasteiger partial charge in [0.2, 0.25) is 5.91 Å². The van der Waals surface area contributed by atoms with Crippen molar-refractivity contribution in [1.29, 1.82) is 0 Å². The van der Waals surface area contributed by atoms with Gasteiger partial charge in [0.15, 0.2) is 6.29 Å². The maximum absolute atomic E-state index is 12.1. The maximum Gasteiger partial charge on any atom is 0.222 e. The van der Waals surface area contributed by atoms with Crippen molar-refractivity contribution in [2.75, 3.05) is 5.32 Å². The standard InChI is InChI=1S/C28H22N4O2/c1-20(34)30-27-17-26-24(18-29-27)25(19-33)31-32(26)28(21-11-5-2-6-12-21,22-13-7-3-8-14-22)23-15-9-4-10-16-23/h2-19H,1H3,(H,29,30,34). The number of nitrogens with zero attached hydrogens (tertiary/aromatic N) is 3. The number of aldehydes is 1. The topological polar surface area (TPSA) is 76.9 Å². The van der Waals surface area contributed by atoms with E-state index < -0.39 is 5.54 Å². The quantitative estimate of drug-likeness (QED) is 0.293. The number of carbonyl (C=O) groups excluding carboxylic acids is 2. The molecule has 0 saturated heterocycles. The van der Waals surface area contributed by atoms with Crippen LogP contribution in [-0.2, 0) is 10.3 Å². The lowest BCUT2D eigenvalue weighted by Gasteiger charge is -2.37. The summed E-state index contributed by atoms with van der Waals surface area (Å²) in [4.78, 5) is 28.1. The molecule has 6 heteroatoms. The third-order valence-corrected chi connectivity index (χ3v) is 5.90. The molecule has 2 heterocycles. The highest BCUT2D eigenvalue weighted by Crippen LogP contribution is 2.42. The molecule has 0 fully saturated rings. The number of benzene rings is 3. The summed E-state index contributed by atoms with van der Waals surface area (Å²) in [5.41, 5.74) is 3.01. The first-order valence-corrected chi connectivity index (χ1v) is 10.9. The molecular weight excluding hydrogens is 424 g/mol. The zero-order valence-electron chi connectivity index (χ0n) is 18.6. The zero-order valence-corrected chi connectivity index (χ0v) is 18.6. The Morgan fingerprint density at radius 3 is 1.79 bits per heavy atom. The fourth-order valence-electron chi connectivity index (χ4n) is 4.53. The van der Waals surface area contributed by atoms with E-state index in [4.69, 9.17) is 5.10 Å². The Morgan fingerprint density at radius 2 is 1.35 bits per heavy atom. The Bertz CT molecular complexity index is 1370. The monoisotopic (exact) mass is 446 g/mol. The molecular formula is C28H22N4O2. The molecule has 3 aromatic carbocycles. The van der Waals surface area contributed by atoms with E-state index >= 15 is 0 Å². The second-order valence-corrected chi connectivity index (χ2v) is 7.99.